The number of rotatable bonds is 7. The van der Waals surface area contributed by atoms with Crippen LogP contribution in [0.4, 0.5) is 10.1 Å². The minimum absolute atomic E-state index is 0.0365. The highest BCUT2D eigenvalue weighted by atomic mass is 19.1. The van der Waals surface area contributed by atoms with Gasteiger partial charge in [-0.3, -0.25) is 14.4 Å². The van der Waals surface area contributed by atoms with E-state index in [0.29, 0.717) is 11.3 Å². The summed E-state index contributed by atoms with van der Waals surface area (Å²) in [5.41, 5.74) is 1.60. The zero-order valence-electron chi connectivity index (χ0n) is 15.2. The lowest BCUT2D eigenvalue weighted by molar-refractivity contribution is -0.140. The third kappa shape index (κ3) is 6.22. The maximum atomic E-state index is 13.1. The van der Waals surface area contributed by atoms with E-state index in [1.54, 1.807) is 36.4 Å². The van der Waals surface area contributed by atoms with E-state index in [1.165, 1.54) is 31.1 Å². The number of hydrogen-bond donors (Lipinski definition) is 1. The molecule has 6 nitrogen and oxygen atoms in total. The van der Waals surface area contributed by atoms with Gasteiger partial charge in [-0.05, 0) is 35.9 Å². The first-order chi connectivity index (χ1) is 12.9. The number of anilines is 1. The van der Waals surface area contributed by atoms with E-state index in [0.717, 1.165) is 5.56 Å². The Balaban J connectivity index is 2.22. The SMILES string of the molecule is COC(=O)CCN(Cc1ccc(F)cc1)C(=O)c1cccc(NC(C)=O)c1. The van der Waals surface area contributed by atoms with Gasteiger partial charge in [0.05, 0.1) is 13.5 Å². The molecule has 0 aliphatic heterocycles. The molecule has 142 valence electrons. The van der Waals surface area contributed by atoms with Crippen LogP contribution in [0.5, 0.6) is 0 Å². The van der Waals surface area contributed by atoms with Crippen LogP contribution in [0, 0.1) is 5.82 Å². The molecule has 0 fully saturated rings. The van der Waals surface area contributed by atoms with Crippen molar-refractivity contribution >= 4 is 23.5 Å². The number of carbonyl (C=O) groups excluding carboxylic acids is 3. The molecule has 0 aliphatic rings. The van der Waals surface area contributed by atoms with Crippen LogP contribution in [-0.4, -0.2) is 36.3 Å². The van der Waals surface area contributed by atoms with Crippen LogP contribution in [0.1, 0.15) is 29.3 Å². The molecule has 0 heterocycles. The number of methoxy groups -OCH3 is 1. The molecule has 0 bridgehead atoms. The van der Waals surface area contributed by atoms with Crippen LogP contribution in [0.25, 0.3) is 0 Å². The van der Waals surface area contributed by atoms with Gasteiger partial charge < -0.3 is 15.0 Å². The van der Waals surface area contributed by atoms with Gasteiger partial charge in [-0.2, -0.15) is 0 Å². The first-order valence-electron chi connectivity index (χ1n) is 8.37. The molecule has 0 saturated carbocycles. The van der Waals surface area contributed by atoms with Gasteiger partial charge in [0, 0.05) is 31.3 Å². The lowest BCUT2D eigenvalue weighted by atomic mass is 10.1. The van der Waals surface area contributed by atoms with Crippen molar-refractivity contribution in [3.63, 3.8) is 0 Å². The highest BCUT2D eigenvalue weighted by molar-refractivity contribution is 5.97. The molecular formula is C20H21FN2O4. The second-order valence-corrected chi connectivity index (χ2v) is 5.94. The summed E-state index contributed by atoms with van der Waals surface area (Å²) in [5.74, 6) is -1.35. The average molecular weight is 372 g/mol. The van der Waals surface area contributed by atoms with E-state index < -0.39 is 5.97 Å². The molecule has 27 heavy (non-hydrogen) atoms. The lowest BCUT2D eigenvalue weighted by Crippen LogP contribution is -2.32. The number of nitrogens with one attached hydrogen (secondary N) is 1. The summed E-state index contributed by atoms with van der Waals surface area (Å²) in [6.07, 6.45) is 0.0365. The number of esters is 1. The van der Waals surface area contributed by atoms with Crippen molar-refractivity contribution in [2.24, 2.45) is 0 Å². The largest absolute Gasteiger partial charge is 0.469 e. The van der Waals surface area contributed by atoms with Gasteiger partial charge in [0.1, 0.15) is 5.82 Å². The summed E-state index contributed by atoms with van der Waals surface area (Å²) in [5, 5.41) is 2.63. The number of amides is 2. The van der Waals surface area contributed by atoms with Crippen LogP contribution in [0.3, 0.4) is 0 Å². The fourth-order valence-corrected chi connectivity index (χ4v) is 2.51. The standard InChI is InChI=1S/C20H21FN2O4/c1-14(24)22-18-5-3-4-16(12-18)20(26)23(11-10-19(25)27-2)13-15-6-8-17(21)9-7-15/h3-9,12H,10-11,13H2,1-2H3,(H,22,24). The Kier molecular flexibility index (Phi) is 7.05. The van der Waals surface area contributed by atoms with E-state index in [9.17, 15) is 18.8 Å². The van der Waals surface area contributed by atoms with Crippen molar-refractivity contribution in [3.05, 3.63) is 65.5 Å². The number of benzene rings is 2. The number of nitrogens with zero attached hydrogens (tertiary/aromatic N) is 1. The van der Waals surface area contributed by atoms with Gasteiger partial charge in [0.15, 0.2) is 0 Å². The van der Waals surface area contributed by atoms with E-state index in [2.05, 4.69) is 10.1 Å². The molecule has 2 rings (SSSR count). The molecule has 0 aromatic heterocycles. The molecule has 2 amide bonds. The fourth-order valence-electron chi connectivity index (χ4n) is 2.51. The van der Waals surface area contributed by atoms with E-state index >= 15 is 0 Å². The van der Waals surface area contributed by atoms with Gasteiger partial charge in [-0.1, -0.05) is 18.2 Å². The third-order valence-electron chi connectivity index (χ3n) is 3.82. The zero-order valence-corrected chi connectivity index (χ0v) is 15.2. The number of carbonyl (C=O) groups is 3. The first kappa shape index (κ1) is 20.1. The number of halogens is 1. The Morgan fingerprint density at radius 2 is 1.81 bits per heavy atom. The fraction of sp³-hybridized carbons (Fsp3) is 0.250. The molecule has 2 aromatic rings. The minimum Gasteiger partial charge on any atom is -0.469 e. The minimum atomic E-state index is -0.432. The van der Waals surface area contributed by atoms with E-state index in [1.807, 2.05) is 0 Å². The molecule has 0 aliphatic carbocycles. The average Bonchev–Trinajstić information content (AvgIpc) is 2.65. The Morgan fingerprint density at radius 1 is 1.11 bits per heavy atom. The normalized spacial score (nSPS) is 10.2. The molecule has 2 aromatic carbocycles. The summed E-state index contributed by atoms with van der Waals surface area (Å²) < 4.78 is 17.8. The summed E-state index contributed by atoms with van der Waals surface area (Å²) in [6, 6.07) is 12.3. The van der Waals surface area contributed by atoms with Gasteiger partial charge >= 0.3 is 5.97 Å². The van der Waals surface area contributed by atoms with Crippen molar-refractivity contribution in [1.82, 2.24) is 4.90 Å². The monoisotopic (exact) mass is 372 g/mol. The Morgan fingerprint density at radius 3 is 2.44 bits per heavy atom. The second-order valence-electron chi connectivity index (χ2n) is 5.94. The van der Waals surface area contributed by atoms with E-state index in [4.69, 9.17) is 0 Å². The van der Waals surface area contributed by atoms with Gasteiger partial charge in [-0.25, -0.2) is 4.39 Å². The molecule has 7 heteroatoms. The van der Waals surface area contributed by atoms with Crippen molar-refractivity contribution < 1.29 is 23.5 Å². The van der Waals surface area contributed by atoms with Crippen LogP contribution >= 0.6 is 0 Å². The van der Waals surface area contributed by atoms with Crippen molar-refractivity contribution in [2.75, 3.05) is 19.0 Å². The number of hydrogen-bond acceptors (Lipinski definition) is 4. The van der Waals surface area contributed by atoms with E-state index in [-0.39, 0.29) is 37.1 Å². The quantitative estimate of drug-likeness (QED) is 0.758. The highest BCUT2D eigenvalue weighted by Crippen LogP contribution is 2.16. The predicted molar refractivity (Wildman–Crippen MR) is 98.5 cm³/mol. The molecule has 0 saturated heterocycles. The van der Waals surface area contributed by atoms with Crippen LogP contribution in [0.15, 0.2) is 48.5 Å². The van der Waals surface area contributed by atoms with Crippen molar-refractivity contribution in [1.29, 1.82) is 0 Å². The molecule has 0 spiro atoms. The molecule has 0 radical (unpaired) electrons. The maximum absolute atomic E-state index is 13.1. The van der Waals surface area contributed by atoms with Crippen LogP contribution in [0.2, 0.25) is 0 Å². The highest BCUT2D eigenvalue weighted by Gasteiger charge is 2.18. The Bertz CT molecular complexity index is 821. The molecular weight excluding hydrogens is 351 g/mol. The van der Waals surface area contributed by atoms with Gasteiger partial charge in [0.2, 0.25) is 5.91 Å². The second kappa shape index (κ2) is 9.47. The van der Waals surface area contributed by atoms with Crippen molar-refractivity contribution in [3.8, 4) is 0 Å². The Labute approximate surface area is 156 Å². The Hall–Kier alpha value is -3.22. The van der Waals surface area contributed by atoms with Crippen LogP contribution in [-0.2, 0) is 20.9 Å². The summed E-state index contributed by atoms with van der Waals surface area (Å²) in [4.78, 5) is 37.1. The smallest absolute Gasteiger partial charge is 0.307 e. The first-order valence-corrected chi connectivity index (χ1v) is 8.37. The molecule has 0 unspecified atom stereocenters. The third-order valence-corrected chi connectivity index (χ3v) is 3.82. The topological polar surface area (TPSA) is 75.7 Å². The predicted octanol–water partition coefficient (Wildman–Crippen LogP) is 2.99. The summed E-state index contributed by atoms with van der Waals surface area (Å²) in [7, 11) is 1.28. The number of ether oxygens (including phenoxy) is 1. The molecule has 0 atom stereocenters. The zero-order chi connectivity index (χ0) is 19.8. The maximum Gasteiger partial charge on any atom is 0.307 e. The molecule has 1 N–H and O–H groups in total. The lowest BCUT2D eigenvalue weighted by Gasteiger charge is -2.23. The van der Waals surface area contributed by atoms with Gasteiger partial charge in [-0.15, -0.1) is 0 Å². The van der Waals surface area contributed by atoms with Crippen LogP contribution < -0.4 is 5.32 Å². The van der Waals surface area contributed by atoms with Crippen molar-refractivity contribution in [2.45, 2.75) is 19.9 Å². The van der Waals surface area contributed by atoms with Gasteiger partial charge in [0.25, 0.3) is 5.91 Å². The summed E-state index contributed by atoms with van der Waals surface area (Å²) >= 11 is 0. The summed E-state index contributed by atoms with van der Waals surface area (Å²) in [6.45, 7) is 1.74.